The summed E-state index contributed by atoms with van der Waals surface area (Å²) in [6, 6.07) is 9.92. The second kappa shape index (κ2) is 17.4. The third kappa shape index (κ3) is 9.07. The largest absolute Gasteiger partial charge is 0.477 e. The molecule has 6 N–H and O–H groups in total. The SMILES string of the molecule is O=C(CCCCn1cc(CCN2CCN(c3cc4c(cc3F)c(=O)c(C(=O)O)cn4C3CC3)CC2)nn1)Nc1ccc(S[C@@H]2O[C@H](CO)[C@H](O)[C@H](O)[C@H]2O)cc1. The molecule has 1 aliphatic carbocycles. The van der Waals surface area contributed by atoms with Crippen LogP contribution in [0.25, 0.3) is 10.9 Å². The van der Waals surface area contributed by atoms with Gasteiger partial charge < -0.3 is 45.1 Å². The number of carboxylic acid groups (broad SMARTS) is 1. The molecule has 7 rings (SSSR count). The Kier molecular flexibility index (Phi) is 12.3. The van der Waals surface area contributed by atoms with Crippen LogP contribution in [0.15, 0.2) is 58.5 Å². The fourth-order valence-corrected chi connectivity index (χ4v) is 8.21. The molecule has 2 aromatic heterocycles. The Morgan fingerprint density at radius 2 is 1.71 bits per heavy atom. The minimum atomic E-state index is -1.45. The summed E-state index contributed by atoms with van der Waals surface area (Å²) in [7, 11) is 0. The first kappa shape index (κ1) is 39.8. The van der Waals surface area contributed by atoms with E-state index in [1.54, 1.807) is 35.0 Å². The average Bonchev–Trinajstić information content (AvgIpc) is 3.94. The monoisotopic (exact) mass is 795 g/mol. The van der Waals surface area contributed by atoms with E-state index < -0.39 is 53.7 Å². The summed E-state index contributed by atoms with van der Waals surface area (Å²) in [5.41, 5.74) is 0.536. The van der Waals surface area contributed by atoms with Crippen molar-refractivity contribution in [2.45, 2.75) is 85.9 Å². The van der Waals surface area contributed by atoms with Gasteiger partial charge in [0.25, 0.3) is 0 Å². The highest BCUT2D eigenvalue weighted by molar-refractivity contribution is 7.99. The number of nitrogens with one attached hydrogen (secondary N) is 1. The zero-order chi connectivity index (χ0) is 39.5. The number of anilines is 2. The van der Waals surface area contributed by atoms with Gasteiger partial charge >= 0.3 is 5.97 Å². The summed E-state index contributed by atoms with van der Waals surface area (Å²) in [6.07, 6.45) is 2.30. The molecule has 3 fully saturated rings. The molecule has 0 spiro atoms. The standard InChI is InChI=1S/C38H46FN7O9S/c39-28-17-26-29(46(24-6-7-24)20-27(33(26)49)37(53)54)18-30(28)44-15-13-43(14-16-44)12-10-23-19-45(42-41-23)11-2-1-3-32(48)40-22-4-8-25(9-5-22)56-38-36(52)35(51)34(50)31(21-47)55-38/h4-5,8-9,17-20,24,31,34-36,38,47,50-52H,1-3,6-7,10-16,21H2,(H,40,48)(H,53,54)/t31-,34+,35+,36-,38+/m1/s1. The van der Waals surface area contributed by atoms with Crippen LogP contribution in [0.4, 0.5) is 15.8 Å². The molecule has 18 heteroatoms. The molecule has 300 valence electrons. The molecular weight excluding hydrogens is 750 g/mol. The van der Waals surface area contributed by atoms with Gasteiger partial charge in [0.15, 0.2) is 0 Å². The minimum Gasteiger partial charge on any atom is -0.477 e. The van der Waals surface area contributed by atoms with Crippen molar-refractivity contribution in [2.75, 3.05) is 49.5 Å². The van der Waals surface area contributed by atoms with Crippen LogP contribution in [-0.4, -0.2) is 131 Å². The van der Waals surface area contributed by atoms with Crippen molar-refractivity contribution in [3.05, 3.63) is 76.1 Å². The number of nitrogens with zero attached hydrogens (tertiary/aromatic N) is 6. The summed E-state index contributed by atoms with van der Waals surface area (Å²) in [4.78, 5) is 42.0. The molecule has 3 aliphatic rings. The van der Waals surface area contributed by atoms with Crippen molar-refractivity contribution < 1.29 is 44.2 Å². The summed E-state index contributed by atoms with van der Waals surface area (Å²) >= 11 is 1.14. The van der Waals surface area contributed by atoms with E-state index in [0.29, 0.717) is 73.8 Å². The number of pyridine rings is 1. The lowest BCUT2D eigenvalue weighted by Crippen LogP contribution is -2.57. The second-order valence-corrected chi connectivity index (χ2v) is 15.7. The van der Waals surface area contributed by atoms with E-state index >= 15 is 4.39 Å². The lowest BCUT2D eigenvalue weighted by atomic mass is 10.0. The van der Waals surface area contributed by atoms with Gasteiger partial charge in [-0.1, -0.05) is 17.0 Å². The number of carbonyl (C=O) groups excluding carboxylic acids is 1. The van der Waals surface area contributed by atoms with Gasteiger partial charge in [0.05, 0.1) is 23.5 Å². The van der Waals surface area contributed by atoms with E-state index in [9.17, 15) is 39.9 Å². The van der Waals surface area contributed by atoms with Crippen LogP contribution in [0.3, 0.4) is 0 Å². The molecule has 0 bridgehead atoms. The number of thioether (sulfide) groups is 1. The number of piperazine rings is 1. The van der Waals surface area contributed by atoms with E-state index in [1.165, 1.54) is 12.3 Å². The Morgan fingerprint density at radius 3 is 2.41 bits per heavy atom. The lowest BCUT2D eigenvalue weighted by Gasteiger charge is -2.39. The van der Waals surface area contributed by atoms with Crippen molar-refractivity contribution in [1.29, 1.82) is 0 Å². The first-order valence-corrected chi connectivity index (χ1v) is 19.7. The van der Waals surface area contributed by atoms with E-state index in [0.717, 1.165) is 43.3 Å². The molecule has 1 amide bonds. The van der Waals surface area contributed by atoms with Crippen LogP contribution < -0.4 is 15.6 Å². The maximum Gasteiger partial charge on any atom is 0.341 e. The number of benzene rings is 2. The Balaban J connectivity index is 0.816. The van der Waals surface area contributed by atoms with Crippen LogP contribution in [0.2, 0.25) is 0 Å². The number of ether oxygens (including phenoxy) is 1. The first-order valence-electron chi connectivity index (χ1n) is 18.8. The summed E-state index contributed by atoms with van der Waals surface area (Å²) < 4.78 is 24.5. The number of aliphatic hydroxyl groups is 4. The number of hydrogen-bond donors (Lipinski definition) is 6. The van der Waals surface area contributed by atoms with E-state index in [1.807, 2.05) is 15.7 Å². The highest BCUT2D eigenvalue weighted by atomic mass is 32.2. The maximum absolute atomic E-state index is 15.4. The zero-order valence-electron chi connectivity index (χ0n) is 30.6. The van der Waals surface area contributed by atoms with Gasteiger partial charge in [-0.2, -0.15) is 0 Å². The normalized spacial score (nSPS) is 23.1. The van der Waals surface area contributed by atoms with Crippen LogP contribution in [-0.2, 0) is 22.5 Å². The maximum atomic E-state index is 15.4. The molecule has 2 aromatic carbocycles. The number of aryl methyl sites for hydroxylation is 1. The summed E-state index contributed by atoms with van der Waals surface area (Å²) in [6.45, 7) is 3.51. The number of halogens is 1. The van der Waals surface area contributed by atoms with Crippen molar-refractivity contribution in [3.63, 3.8) is 0 Å². The molecule has 4 aromatic rings. The highest BCUT2D eigenvalue weighted by Crippen LogP contribution is 2.38. The van der Waals surface area contributed by atoms with Gasteiger partial charge in [0.1, 0.15) is 41.2 Å². The van der Waals surface area contributed by atoms with Gasteiger partial charge in [-0.05, 0) is 62.1 Å². The van der Waals surface area contributed by atoms with Crippen LogP contribution in [0, 0.1) is 5.82 Å². The van der Waals surface area contributed by atoms with Crippen LogP contribution >= 0.6 is 11.8 Å². The molecule has 2 aliphatic heterocycles. The zero-order valence-corrected chi connectivity index (χ0v) is 31.4. The third-order valence-electron chi connectivity index (χ3n) is 10.5. The molecule has 0 unspecified atom stereocenters. The van der Waals surface area contributed by atoms with Crippen molar-refractivity contribution in [2.24, 2.45) is 0 Å². The average molecular weight is 796 g/mol. The van der Waals surface area contributed by atoms with Gasteiger partial charge in [-0.25, -0.2) is 9.18 Å². The van der Waals surface area contributed by atoms with E-state index in [4.69, 9.17) is 4.74 Å². The number of amides is 1. The first-order chi connectivity index (χ1) is 27.0. The number of carbonyl (C=O) groups is 2. The topological polar surface area (TPSA) is 216 Å². The van der Waals surface area contributed by atoms with Crippen molar-refractivity contribution in [1.82, 2.24) is 24.5 Å². The molecule has 1 saturated carbocycles. The number of aliphatic hydroxyl groups excluding tert-OH is 4. The number of carboxylic acids is 1. The Bertz CT molecular complexity index is 2090. The molecule has 2 saturated heterocycles. The van der Waals surface area contributed by atoms with Gasteiger partial charge in [0, 0.05) is 86.5 Å². The van der Waals surface area contributed by atoms with Crippen molar-refractivity contribution in [3.8, 4) is 0 Å². The lowest BCUT2D eigenvalue weighted by molar-refractivity contribution is -0.205. The van der Waals surface area contributed by atoms with Crippen LogP contribution in [0.1, 0.15) is 54.2 Å². The number of rotatable bonds is 15. The number of unbranched alkanes of at least 4 members (excludes halogenated alkanes) is 1. The fourth-order valence-electron chi connectivity index (χ4n) is 7.15. The van der Waals surface area contributed by atoms with Gasteiger partial charge in [-0.3, -0.25) is 19.2 Å². The summed E-state index contributed by atoms with van der Waals surface area (Å²) in [5, 5.41) is 60.7. The molecule has 5 atom stereocenters. The number of aromatic carboxylic acids is 1. The molecule has 4 heterocycles. The summed E-state index contributed by atoms with van der Waals surface area (Å²) in [5.74, 6) is -1.98. The number of aromatic nitrogens is 4. The highest BCUT2D eigenvalue weighted by Gasteiger charge is 2.43. The fraction of sp³-hybridized carbons (Fsp3) is 0.500. The van der Waals surface area contributed by atoms with Crippen LogP contribution in [0.5, 0.6) is 0 Å². The van der Waals surface area contributed by atoms with Crippen molar-refractivity contribution >= 4 is 45.9 Å². The number of hydrogen-bond acceptors (Lipinski definition) is 13. The molecule has 16 nitrogen and oxygen atoms in total. The Hall–Kier alpha value is -4.43. The Labute approximate surface area is 325 Å². The molecule has 0 radical (unpaired) electrons. The molecular formula is C38H46FN7O9S. The van der Waals surface area contributed by atoms with Gasteiger partial charge in [-0.15, -0.1) is 5.10 Å². The minimum absolute atomic E-state index is 0.0880. The van der Waals surface area contributed by atoms with E-state index in [2.05, 4.69) is 20.5 Å². The third-order valence-corrected chi connectivity index (χ3v) is 11.7. The smallest absolute Gasteiger partial charge is 0.341 e. The quantitative estimate of drug-likeness (QED) is 0.0948. The Morgan fingerprint density at radius 1 is 0.964 bits per heavy atom. The van der Waals surface area contributed by atoms with E-state index in [-0.39, 0.29) is 22.9 Å². The van der Waals surface area contributed by atoms with Gasteiger partial charge in [0.2, 0.25) is 11.3 Å². The predicted molar refractivity (Wildman–Crippen MR) is 204 cm³/mol. The second-order valence-electron chi connectivity index (χ2n) is 14.5. The molecule has 56 heavy (non-hydrogen) atoms. The predicted octanol–water partition coefficient (Wildman–Crippen LogP) is 1.83. The number of fused-ring (bicyclic) bond motifs is 1.